The third kappa shape index (κ3) is 3.12. The number of fused-ring (bicyclic) bond motifs is 1. The third-order valence-electron chi connectivity index (χ3n) is 3.23. The second-order valence-electron chi connectivity index (χ2n) is 4.71. The predicted octanol–water partition coefficient (Wildman–Crippen LogP) is 1.16. The molecule has 1 aliphatic rings. The van der Waals surface area contributed by atoms with Crippen LogP contribution in [0.1, 0.15) is 24.0 Å². The smallest absolute Gasteiger partial charge is 0.303 e. The number of aliphatic carboxylic acids is 1. The summed E-state index contributed by atoms with van der Waals surface area (Å²) in [6.45, 7) is 1.25. The molecule has 0 unspecified atom stereocenters. The van der Waals surface area contributed by atoms with Gasteiger partial charge in [0.05, 0.1) is 6.42 Å². The van der Waals surface area contributed by atoms with Gasteiger partial charge in [0.2, 0.25) is 5.91 Å². The second-order valence-corrected chi connectivity index (χ2v) is 4.71. The summed E-state index contributed by atoms with van der Waals surface area (Å²) in [7, 11) is 1.89. The number of anilines is 1. The first kappa shape index (κ1) is 13.5. The van der Waals surface area contributed by atoms with Gasteiger partial charge in [-0.1, -0.05) is 12.1 Å². The van der Waals surface area contributed by atoms with E-state index in [0.717, 1.165) is 23.4 Å². The van der Waals surface area contributed by atoms with Gasteiger partial charge in [-0.25, -0.2) is 0 Å². The van der Waals surface area contributed by atoms with Gasteiger partial charge in [0, 0.05) is 25.2 Å². The Bertz CT molecular complexity index is 499. The Labute approximate surface area is 112 Å². The van der Waals surface area contributed by atoms with Crippen LogP contribution in [-0.4, -0.2) is 30.6 Å². The molecule has 19 heavy (non-hydrogen) atoms. The molecule has 2 N–H and O–H groups in total. The number of amides is 1. The average Bonchev–Trinajstić information content (AvgIpc) is 2.65. The summed E-state index contributed by atoms with van der Waals surface area (Å²) in [6, 6.07) is 5.99. The topological polar surface area (TPSA) is 69.6 Å². The lowest BCUT2D eigenvalue weighted by Gasteiger charge is -2.17. The lowest BCUT2D eigenvalue weighted by atomic mass is 10.1. The summed E-state index contributed by atoms with van der Waals surface area (Å²) in [5.41, 5.74) is 3.12. The molecule has 0 radical (unpaired) electrons. The molecular weight excluding hydrogens is 244 g/mol. The van der Waals surface area contributed by atoms with Crippen LogP contribution in [0.15, 0.2) is 18.2 Å². The van der Waals surface area contributed by atoms with Crippen LogP contribution in [0.4, 0.5) is 5.69 Å². The Morgan fingerprint density at radius 3 is 2.95 bits per heavy atom. The van der Waals surface area contributed by atoms with E-state index in [1.807, 2.05) is 25.2 Å². The van der Waals surface area contributed by atoms with Crippen molar-refractivity contribution in [1.29, 1.82) is 0 Å². The van der Waals surface area contributed by atoms with Gasteiger partial charge >= 0.3 is 5.97 Å². The Morgan fingerprint density at radius 1 is 1.47 bits per heavy atom. The van der Waals surface area contributed by atoms with Crippen LogP contribution in [0.5, 0.6) is 0 Å². The number of hydrogen-bond acceptors (Lipinski definition) is 3. The quantitative estimate of drug-likeness (QED) is 0.807. The van der Waals surface area contributed by atoms with E-state index >= 15 is 0 Å². The van der Waals surface area contributed by atoms with Gasteiger partial charge in [-0.2, -0.15) is 0 Å². The van der Waals surface area contributed by atoms with Crippen LogP contribution in [0.2, 0.25) is 0 Å². The molecule has 0 aromatic heterocycles. The molecule has 1 amide bonds. The van der Waals surface area contributed by atoms with E-state index in [0.29, 0.717) is 19.4 Å². The van der Waals surface area contributed by atoms with E-state index in [-0.39, 0.29) is 12.3 Å². The van der Waals surface area contributed by atoms with Crippen molar-refractivity contribution in [3.63, 3.8) is 0 Å². The summed E-state index contributed by atoms with van der Waals surface area (Å²) < 4.78 is 0. The van der Waals surface area contributed by atoms with Crippen LogP contribution in [-0.2, 0) is 22.6 Å². The normalized spacial score (nSPS) is 13.7. The zero-order chi connectivity index (χ0) is 13.8. The van der Waals surface area contributed by atoms with Gasteiger partial charge in [0.1, 0.15) is 0 Å². The van der Waals surface area contributed by atoms with Crippen molar-refractivity contribution >= 4 is 17.6 Å². The van der Waals surface area contributed by atoms with Gasteiger partial charge in [0.25, 0.3) is 0 Å². The summed E-state index contributed by atoms with van der Waals surface area (Å²) >= 11 is 0. The van der Waals surface area contributed by atoms with Gasteiger partial charge < -0.3 is 15.3 Å². The molecule has 2 rings (SSSR count). The molecule has 5 heteroatoms. The van der Waals surface area contributed by atoms with Crippen molar-refractivity contribution in [2.45, 2.75) is 25.8 Å². The van der Waals surface area contributed by atoms with Crippen LogP contribution in [0.3, 0.4) is 0 Å². The predicted molar refractivity (Wildman–Crippen MR) is 72.1 cm³/mol. The van der Waals surface area contributed by atoms with Crippen molar-refractivity contribution < 1.29 is 14.7 Å². The summed E-state index contributed by atoms with van der Waals surface area (Å²) in [4.78, 5) is 24.1. The van der Waals surface area contributed by atoms with Gasteiger partial charge in [-0.15, -0.1) is 0 Å². The van der Waals surface area contributed by atoms with E-state index in [9.17, 15) is 9.59 Å². The Morgan fingerprint density at radius 2 is 2.26 bits per heavy atom. The van der Waals surface area contributed by atoms with Crippen molar-refractivity contribution in [3.8, 4) is 0 Å². The molecule has 0 aliphatic carbocycles. The van der Waals surface area contributed by atoms with Crippen molar-refractivity contribution in [2.75, 3.05) is 18.5 Å². The molecule has 1 aliphatic heterocycles. The molecule has 5 nitrogen and oxygen atoms in total. The zero-order valence-electron chi connectivity index (χ0n) is 11.0. The van der Waals surface area contributed by atoms with E-state index in [2.05, 4.69) is 5.32 Å². The summed E-state index contributed by atoms with van der Waals surface area (Å²) in [6.07, 6.45) is 0.996. The molecule has 102 valence electrons. The fourth-order valence-corrected chi connectivity index (χ4v) is 2.38. The van der Waals surface area contributed by atoms with Crippen LogP contribution < -0.4 is 10.2 Å². The molecular formula is C14H18N2O3. The molecule has 1 heterocycles. The number of carboxylic acids is 1. The minimum atomic E-state index is -0.823. The lowest BCUT2D eigenvalue weighted by Crippen LogP contribution is -2.28. The highest BCUT2D eigenvalue weighted by molar-refractivity contribution is 6.01. The minimum absolute atomic E-state index is 0.0574. The number of benzene rings is 1. The fourth-order valence-electron chi connectivity index (χ4n) is 2.38. The van der Waals surface area contributed by atoms with E-state index < -0.39 is 5.97 Å². The first-order valence-corrected chi connectivity index (χ1v) is 6.40. The average molecular weight is 262 g/mol. The first-order valence-electron chi connectivity index (χ1n) is 6.40. The third-order valence-corrected chi connectivity index (χ3v) is 3.23. The van der Waals surface area contributed by atoms with Crippen LogP contribution in [0.25, 0.3) is 0 Å². The first-order chi connectivity index (χ1) is 9.11. The molecule has 0 bridgehead atoms. The van der Waals surface area contributed by atoms with E-state index in [1.54, 1.807) is 4.90 Å². The van der Waals surface area contributed by atoms with Crippen molar-refractivity contribution in [2.24, 2.45) is 0 Å². The van der Waals surface area contributed by atoms with E-state index in [1.165, 1.54) is 0 Å². The van der Waals surface area contributed by atoms with Gasteiger partial charge in [-0.3, -0.25) is 9.59 Å². The number of rotatable bonds is 6. The van der Waals surface area contributed by atoms with Gasteiger partial charge in [0.15, 0.2) is 0 Å². The molecule has 1 aromatic rings. The lowest BCUT2D eigenvalue weighted by molar-refractivity contribution is -0.137. The standard InChI is InChI=1S/C14H18N2O3/c1-15-9-10-4-5-12-11(7-10)8-13(17)16(12)6-2-3-14(18)19/h4-5,7,15H,2-3,6,8-9H2,1H3,(H,18,19). The maximum atomic E-state index is 11.9. The van der Waals surface area contributed by atoms with Gasteiger partial charge in [-0.05, 0) is 30.7 Å². The molecule has 0 spiro atoms. The largest absolute Gasteiger partial charge is 0.481 e. The Hall–Kier alpha value is -1.88. The SMILES string of the molecule is CNCc1ccc2c(c1)CC(=O)N2CCCC(=O)O. The maximum Gasteiger partial charge on any atom is 0.303 e. The van der Waals surface area contributed by atoms with Crippen LogP contribution >= 0.6 is 0 Å². The number of nitrogens with zero attached hydrogens (tertiary/aromatic N) is 1. The van der Waals surface area contributed by atoms with Crippen LogP contribution in [0, 0.1) is 0 Å². The molecule has 0 atom stereocenters. The maximum absolute atomic E-state index is 11.9. The zero-order valence-corrected chi connectivity index (χ0v) is 11.0. The second kappa shape index (κ2) is 5.84. The highest BCUT2D eigenvalue weighted by atomic mass is 16.4. The summed E-state index contributed by atoms with van der Waals surface area (Å²) in [5.74, 6) is -0.766. The monoisotopic (exact) mass is 262 g/mol. The highest BCUT2D eigenvalue weighted by Gasteiger charge is 2.26. The number of carboxylic acid groups (broad SMARTS) is 1. The Balaban J connectivity index is 2.08. The number of carbonyl (C=O) groups excluding carboxylic acids is 1. The fraction of sp³-hybridized carbons (Fsp3) is 0.429. The minimum Gasteiger partial charge on any atom is -0.481 e. The van der Waals surface area contributed by atoms with Crippen molar-refractivity contribution in [1.82, 2.24) is 5.32 Å². The molecule has 0 saturated heterocycles. The number of carbonyl (C=O) groups is 2. The highest BCUT2D eigenvalue weighted by Crippen LogP contribution is 2.29. The molecule has 0 saturated carbocycles. The molecule has 0 fully saturated rings. The number of hydrogen-bond donors (Lipinski definition) is 2. The van der Waals surface area contributed by atoms with E-state index in [4.69, 9.17) is 5.11 Å². The Kier molecular flexibility index (Phi) is 4.16. The summed E-state index contributed by atoms with van der Waals surface area (Å²) in [5, 5.41) is 11.7. The van der Waals surface area contributed by atoms with Crippen molar-refractivity contribution in [3.05, 3.63) is 29.3 Å². The number of nitrogens with one attached hydrogen (secondary N) is 1. The molecule has 1 aromatic carbocycles.